The molecule has 0 radical (unpaired) electrons. The maximum atomic E-state index is 13.9. The lowest BCUT2D eigenvalue weighted by molar-refractivity contribution is -0.139. The Morgan fingerprint density at radius 2 is 1.67 bits per heavy atom. The predicted molar refractivity (Wildman–Crippen MR) is 157 cm³/mol. The highest BCUT2D eigenvalue weighted by Crippen LogP contribution is 2.33. The van der Waals surface area contributed by atoms with Crippen LogP contribution in [0.5, 0.6) is 0 Å². The van der Waals surface area contributed by atoms with Crippen LogP contribution in [0.2, 0.25) is 5.02 Å². The molecule has 0 spiro atoms. The number of unbranched alkanes of at least 4 members (excludes halogenated alkanes) is 1. The molecule has 7 nitrogen and oxygen atoms in total. The lowest BCUT2D eigenvalue weighted by atomic mass is 10.1. The van der Waals surface area contributed by atoms with Crippen molar-refractivity contribution in [3.8, 4) is 0 Å². The Bertz CT molecular complexity index is 1500. The second kappa shape index (κ2) is 14.1. The Balaban J connectivity index is 2.07. The Hall–Kier alpha value is -3.57. The average Bonchev–Trinajstić information content (AvgIpc) is 2.94. The largest absolute Gasteiger partial charge is 0.416 e. The van der Waals surface area contributed by atoms with E-state index in [1.165, 1.54) is 30.0 Å². The van der Waals surface area contributed by atoms with Gasteiger partial charge >= 0.3 is 6.18 Å². The summed E-state index contributed by atoms with van der Waals surface area (Å²) in [7, 11) is -4.51. The number of aryl methyl sites for hydroxylation is 1. The molecule has 0 saturated carbocycles. The van der Waals surface area contributed by atoms with Crippen molar-refractivity contribution in [3.05, 3.63) is 94.5 Å². The molecule has 0 aromatic heterocycles. The molecular weight excluding hydrogens is 591 g/mol. The second-order valence-electron chi connectivity index (χ2n) is 9.81. The van der Waals surface area contributed by atoms with Crippen molar-refractivity contribution in [1.29, 1.82) is 0 Å². The number of nitrogens with zero attached hydrogens (tertiary/aromatic N) is 2. The molecule has 3 aromatic rings. The van der Waals surface area contributed by atoms with E-state index in [1.54, 1.807) is 43.3 Å². The number of carbonyl (C=O) groups excluding carboxylic acids is 2. The van der Waals surface area contributed by atoms with Crippen molar-refractivity contribution in [3.63, 3.8) is 0 Å². The van der Waals surface area contributed by atoms with Crippen LogP contribution >= 0.6 is 11.6 Å². The van der Waals surface area contributed by atoms with Gasteiger partial charge in [-0.3, -0.25) is 13.9 Å². The van der Waals surface area contributed by atoms with Gasteiger partial charge in [-0.15, -0.1) is 0 Å². The third kappa shape index (κ3) is 8.25. The quantitative estimate of drug-likeness (QED) is 0.244. The van der Waals surface area contributed by atoms with Crippen LogP contribution in [0.3, 0.4) is 0 Å². The number of rotatable bonds is 12. The third-order valence-electron chi connectivity index (χ3n) is 6.64. The van der Waals surface area contributed by atoms with Crippen LogP contribution in [0.15, 0.2) is 77.7 Å². The summed E-state index contributed by atoms with van der Waals surface area (Å²) < 4.78 is 69.1. The summed E-state index contributed by atoms with van der Waals surface area (Å²) in [6, 6.07) is 15.1. The Morgan fingerprint density at radius 3 is 2.29 bits per heavy atom. The number of amides is 2. The number of alkyl halides is 3. The van der Waals surface area contributed by atoms with Gasteiger partial charge < -0.3 is 10.2 Å². The van der Waals surface area contributed by atoms with Crippen LogP contribution in [0.25, 0.3) is 0 Å². The van der Waals surface area contributed by atoms with Crippen molar-refractivity contribution in [2.45, 2.75) is 57.3 Å². The molecule has 0 bridgehead atoms. The summed E-state index contributed by atoms with van der Waals surface area (Å²) in [5.74, 6) is -1.27. The van der Waals surface area contributed by atoms with Crippen molar-refractivity contribution in [2.24, 2.45) is 0 Å². The first-order chi connectivity index (χ1) is 19.8. The van der Waals surface area contributed by atoms with Gasteiger partial charge in [0.1, 0.15) is 12.6 Å². The molecule has 12 heteroatoms. The van der Waals surface area contributed by atoms with Gasteiger partial charge in [0, 0.05) is 18.1 Å². The first kappa shape index (κ1) is 32.9. The standard InChI is InChI=1S/C30H33ClF3N3O4S/c1-4-5-17-35-29(39)22(3)36(19-23-9-6-7-12-27(23)31)28(38)20-37(25-11-8-10-24(18-25)30(32,33)34)42(40,41)26-15-13-21(2)14-16-26/h6-16,18,22H,4-5,17,19-20H2,1-3H3,(H,35,39). The van der Waals surface area contributed by atoms with Gasteiger partial charge in [0.2, 0.25) is 11.8 Å². The van der Waals surface area contributed by atoms with Crippen LogP contribution in [-0.2, 0) is 32.3 Å². The van der Waals surface area contributed by atoms with Gasteiger partial charge in [-0.05, 0) is 62.2 Å². The van der Waals surface area contributed by atoms with Crippen LogP contribution in [-0.4, -0.2) is 44.3 Å². The number of anilines is 1. The molecule has 3 aromatic carbocycles. The molecule has 2 amide bonds. The lowest BCUT2D eigenvalue weighted by Gasteiger charge is -2.32. The number of halogens is 4. The summed E-state index contributed by atoms with van der Waals surface area (Å²) in [5, 5.41) is 3.10. The van der Waals surface area contributed by atoms with Crippen molar-refractivity contribution in [1.82, 2.24) is 10.2 Å². The van der Waals surface area contributed by atoms with E-state index in [2.05, 4.69) is 5.32 Å². The zero-order valence-electron chi connectivity index (χ0n) is 23.5. The smallest absolute Gasteiger partial charge is 0.354 e. The minimum Gasteiger partial charge on any atom is -0.354 e. The first-order valence-electron chi connectivity index (χ1n) is 13.3. The molecule has 42 heavy (non-hydrogen) atoms. The van der Waals surface area contributed by atoms with E-state index in [-0.39, 0.29) is 17.1 Å². The topological polar surface area (TPSA) is 86.8 Å². The normalized spacial score (nSPS) is 12.5. The van der Waals surface area contributed by atoms with Crippen LogP contribution in [0, 0.1) is 6.92 Å². The fourth-order valence-corrected chi connectivity index (χ4v) is 5.73. The fraction of sp³-hybridized carbons (Fsp3) is 0.333. The van der Waals surface area contributed by atoms with E-state index in [9.17, 15) is 31.2 Å². The molecular formula is C30H33ClF3N3O4S. The van der Waals surface area contributed by atoms with E-state index < -0.39 is 46.2 Å². The van der Waals surface area contributed by atoms with Crippen LogP contribution in [0.1, 0.15) is 43.4 Å². The number of carbonyl (C=O) groups is 2. The highest BCUT2D eigenvalue weighted by atomic mass is 35.5. The summed E-state index contributed by atoms with van der Waals surface area (Å²) in [6.07, 6.45) is -3.20. The molecule has 1 unspecified atom stereocenters. The number of sulfonamides is 1. The zero-order valence-corrected chi connectivity index (χ0v) is 25.1. The Kier molecular flexibility index (Phi) is 11.0. The highest BCUT2D eigenvalue weighted by Gasteiger charge is 2.35. The third-order valence-corrected chi connectivity index (χ3v) is 8.80. The number of hydrogen-bond acceptors (Lipinski definition) is 4. The van der Waals surface area contributed by atoms with Crippen molar-refractivity contribution < 1.29 is 31.2 Å². The molecule has 0 aliphatic rings. The van der Waals surface area contributed by atoms with Gasteiger partial charge in [-0.2, -0.15) is 13.2 Å². The van der Waals surface area contributed by atoms with Gasteiger partial charge in [0.15, 0.2) is 0 Å². The van der Waals surface area contributed by atoms with E-state index in [0.717, 1.165) is 30.5 Å². The Labute approximate surface area is 249 Å². The van der Waals surface area contributed by atoms with Crippen molar-refractivity contribution >= 4 is 39.1 Å². The lowest BCUT2D eigenvalue weighted by Crippen LogP contribution is -2.51. The summed E-state index contributed by atoms with van der Waals surface area (Å²) in [5.41, 5.74) is -0.151. The van der Waals surface area contributed by atoms with Crippen molar-refractivity contribution in [2.75, 3.05) is 17.4 Å². The van der Waals surface area contributed by atoms with Gasteiger partial charge in [-0.1, -0.05) is 66.9 Å². The minimum absolute atomic E-state index is 0.137. The van der Waals surface area contributed by atoms with Gasteiger partial charge in [-0.25, -0.2) is 8.42 Å². The highest BCUT2D eigenvalue weighted by molar-refractivity contribution is 7.92. The molecule has 0 heterocycles. The number of hydrogen-bond donors (Lipinski definition) is 1. The molecule has 1 atom stereocenters. The Morgan fingerprint density at radius 1 is 1.00 bits per heavy atom. The molecule has 226 valence electrons. The molecule has 3 rings (SSSR count). The molecule has 0 aliphatic heterocycles. The molecule has 0 aliphatic carbocycles. The first-order valence-corrected chi connectivity index (χ1v) is 15.1. The molecule has 1 N–H and O–H groups in total. The van der Waals surface area contributed by atoms with Crippen LogP contribution < -0.4 is 9.62 Å². The second-order valence-corrected chi connectivity index (χ2v) is 12.1. The summed E-state index contributed by atoms with van der Waals surface area (Å²) in [6.45, 7) is 4.59. The number of nitrogens with one attached hydrogen (secondary N) is 1. The van der Waals surface area contributed by atoms with E-state index >= 15 is 0 Å². The van der Waals surface area contributed by atoms with Crippen LogP contribution in [0.4, 0.5) is 18.9 Å². The monoisotopic (exact) mass is 623 g/mol. The SMILES string of the molecule is CCCCNC(=O)C(C)N(Cc1ccccc1Cl)C(=O)CN(c1cccc(C(F)(F)F)c1)S(=O)(=O)c1ccc(C)cc1. The van der Waals surface area contributed by atoms with E-state index in [4.69, 9.17) is 11.6 Å². The summed E-state index contributed by atoms with van der Waals surface area (Å²) in [4.78, 5) is 27.9. The maximum absolute atomic E-state index is 13.9. The maximum Gasteiger partial charge on any atom is 0.416 e. The van der Waals surface area contributed by atoms with E-state index in [0.29, 0.717) is 27.5 Å². The van der Waals surface area contributed by atoms with Gasteiger partial charge in [0.25, 0.3) is 10.0 Å². The molecule has 0 fully saturated rings. The summed E-state index contributed by atoms with van der Waals surface area (Å²) >= 11 is 6.34. The van der Waals surface area contributed by atoms with E-state index in [1.807, 2.05) is 6.92 Å². The predicted octanol–water partition coefficient (Wildman–Crippen LogP) is 6.20. The molecule has 0 saturated heterocycles. The zero-order chi connectivity index (χ0) is 31.1. The average molecular weight is 624 g/mol. The fourth-order valence-electron chi connectivity index (χ4n) is 4.13. The minimum atomic E-state index is -4.75. The van der Waals surface area contributed by atoms with Gasteiger partial charge in [0.05, 0.1) is 16.1 Å². The number of benzene rings is 3.